The fourth-order valence-corrected chi connectivity index (χ4v) is 2.60. The van der Waals surface area contributed by atoms with E-state index < -0.39 is 6.10 Å². The van der Waals surface area contributed by atoms with Crippen LogP contribution in [0.2, 0.25) is 0 Å². The summed E-state index contributed by atoms with van der Waals surface area (Å²) in [6.45, 7) is 3.46. The van der Waals surface area contributed by atoms with Crippen LogP contribution in [0.3, 0.4) is 0 Å². The van der Waals surface area contributed by atoms with Crippen molar-refractivity contribution in [2.45, 2.75) is 25.9 Å². The number of ether oxygens (including phenoxy) is 2. The van der Waals surface area contributed by atoms with Gasteiger partial charge in [0.25, 0.3) is 5.91 Å². The van der Waals surface area contributed by atoms with E-state index in [1.165, 1.54) is 0 Å². The first-order valence-corrected chi connectivity index (χ1v) is 6.90. The first kappa shape index (κ1) is 13.0. The number of nitrogens with zero attached hydrogens (tertiary/aromatic N) is 1. The lowest BCUT2D eigenvalue weighted by molar-refractivity contribution is -0.136. The number of carbonyl (C=O) groups is 2. The fraction of sp³-hybridized carbons (Fsp3) is 0.467. The fourth-order valence-electron chi connectivity index (χ4n) is 2.60. The van der Waals surface area contributed by atoms with Gasteiger partial charge in [-0.1, -0.05) is 0 Å². The summed E-state index contributed by atoms with van der Waals surface area (Å²) >= 11 is 0. The largest absolute Gasteiger partial charge is 0.485 e. The van der Waals surface area contributed by atoms with Crippen LogP contribution < -0.4 is 9.47 Å². The monoisotopic (exact) mass is 275 g/mol. The third-order valence-electron chi connectivity index (χ3n) is 3.69. The maximum atomic E-state index is 12.2. The first-order chi connectivity index (χ1) is 9.65. The zero-order chi connectivity index (χ0) is 14.1. The lowest BCUT2D eigenvalue weighted by Gasteiger charge is -2.21. The molecule has 106 valence electrons. The number of hydrogen-bond donors (Lipinski definition) is 0. The van der Waals surface area contributed by atoms with Gasteiger partial charge in [0.15, 0.2) is 12.7 Å². The van der Waals surface area contributed by atoms with Gasteiger partial charge in [0.05, 0.1) is 5.56 Å². The molecule has 1 atom stereocenters. The van der Waals surface area contributed by atoms with Crippen molar-refractivity contribution >= 4 is 11.7 Å². The van der Waals surface area contributed by atoms with E-state index in [4.69, 9.17) is 9.47 Å². The van der Waals surface area contributed by atoms with Crippen LogP contribution >= 0.6 is 0 Å². The molecule has 5 nitrogen and oxygen atoms in total. The van der Waals surface area contributed by atoms with Gasteiger partial charge >= 0.3 is 0 Å². The third-order valence-corrected chi connectivity index (χ3v) is 3.69. The quantitative estimate of drug-likeness (QED) is 0.841. The molecule has 2 aliphatic heterocycles. The Balaban J connectivity index is 1.68. The maximum absolute atomic E-state index is 12.2. The van der Waals surface area contributed by atoms with Crippen molar-refractivity contribution < 1.29 is 19.1 Å². The third kappa shape index (κ3) is 2.35. The highest BCUT2D eigenvalue weighted by Crippen LogP contribution is 2.30. The molecule has 0 radical (unpaired) electrons. The predicted molar refractivity (Wildman–Crippen MR) is 72.2 cm³/mol. The number of benzene rings is 1. The Labute approximate surface area is 117 Å². The van der Waals surface area contributed by atoms with Gasteiger partial charge in [0, 0.05) is 19.2 Å². The van der Waals surface area contributed by atoms with Crippen LogP contribution in [0, 0.1) is 0 Å². The molecule has 0 N–H and O–H groups in total. The van der Waals surface area contributed by atoms with E-state index in [-0.39, 0.29) is 18.3 Å². The van der Waals surface area contributed by atoms with Crippen molar-refractivity contribution in [2.75, 3.05) is 19.7 Å². The minimum atomic E-state index is -0.525. The number of rotatable bonds is 3. The molecular weight excluding hydrogens is 258 g/mol. The summed E-state index contributed by atoms with van der Waals surface area (Å²) in [4.78, 5) is 25.4. The average Bonchev–Trinajstić information content (AvgIpc) is 3.08. The van der Waals surface area contributed by atoms with Crippen LogP contribution in [0.5, 0.6) is 11.5 Å². The molecule has 1 saturated heterocycles. The van der Waals surface area contributed by atoms with Crippen molar-refractivity contribution in [3.8, 4) is 11.5 Å². The lowest BCUT2D eigenvalue weighted by atomic mass is 10.1. The van der Waals surface area contributed by atoms with Crippen LogP contribution in [0.15, 0.2) is 18.2 Å². The summed E-state index contributed by atoms with van der Waals surface area (Å²) in [6.07, 6.45) is 1.60. The van der Waals surface area contributed by atoms with Gasteiger partial charge in [-0.15, -0.1) is 0 Å². The van der Waals surface area contributed by atoms with Crippen molar-refractivity contribution in [3.63, 3.8) is 0 Å². The Hall–Kier alpha value is -2.04. The number of Topliss-reactive ketones (excluding diaryl/α,β-unsaturated/α-hetero) is 1. The van der Waals surface area contributed by atoms with Crippen molar-refractivity contribution in [1.29, 1.82) is 0 Å². The van der Waals surface area contributed by atoms with Crippen molar-refractivity contribution in [3.05, 3.63) is 23.8 Å². The summed E-state index contributed by atoms with van der Waals surface area (Å²) in [5.74, 6) is 1.08. The lowest BCUT2D eigenvalue weighted by Crippen LogP contribution is -2.38. The summed E-state index contributed by atoms with van der Waals surface area (Å²) in [6, 6.07) is 5.07. The minimum absolute atomic E-state index is 0.0139. The Morgan fingerprint density at radius 2 is 2.10 bits per heavy atom. The SMILES string of the molecule is CC(Oc1ccc2c(c1)OCC2=O)C(=O)N1CCCC1. The number of likely N-dealkylation sites (tertiary alicyclic amines) is 1. The molecule has 1 fully saturated rings. The van der Waals surface area contributed by atoms with E-state index in [1.54, 1.807) is 25.1 Å². The van der Waals surface area contributed by atoms with Crippen LogP contribution in [0.25, 0.3) is 0 Å². The molecule has 5 heteroatoms. The maximum Gasteiger partial charge on any atom is 0.263 e. The van der Waals surface area contributed by atoms with Gasteiger partial charge in [-0.05, 0) is 31.9 Å². The van der Waals surface area contributed by atoms with Crippen LogP contribution in [0.1, 0.15) is 30.1 Å². The molecule has 0 aliphatic carbocycles. The molecule has 1 aromatic rings. The van der Waals surface area contributed by atoms with Gasteiger partial charge in [-0.2, -0.15) is 0 Å². The van der Waals surface area contributed by atoms with E-state index in [2.05, 4.69) is 0 Å². The van der Waals surface area contributed by atoms with Crippen LogP contribution in [-0.4, -0.2) is 42.4 Å². The highest BCUT2D eigenvalue weighted by Gasteiger charge is 2.26. The number of carbonyl (C=O) groups excluding carboxylic acids is 2. The van der Waals surface area contributed by atoms with Gasteiger partial charge in [0.2, 0.25) is 5.78 Å². The van der Waals surface area contributed by atoms with E-state index >= 15 is 0 Å². The van der Waals surface area contributed by atoms with Crippen LogP contribution in [-0.2, 0) is 4.79 Å². The minimum Gasteiger partial charge on any atom is -0.485 e. The second-order valence-electron chi connectivity index (χ2n) is 5.16. The molecule has 2 aliphatic rings. The standard InChI is InChI=1S/C15H17NO4/c1-10(15(18)16-6-2-3-7-16)20-11-4-5-12-13(17)9-19-14(12)8-11/h4-5,8,10H,2-3,6-7,9H2,1H3. The molecular formula is C15H17NO4. The topological polar surface area (TPSA) is 55.8 Å². The van der Waals surface area contributed by atoms with Gasteiger partial charge in [-0.25, -0.2) is 0 Å². The van der Waals surface area contributed by atoms with Gasteiger partial charge < -0.3 is 14.4 Å². The normalized spacial score (nSPS) is 18.6. The molecule has 1 aromatic carbocycles. The molecule has 0 aromatic heterocycles. The number of amides is 1. The zero-order valence-electron chi connectivity index (χ0n) is 11.4. The Morgan fingerprint density at radius 1 is 1.35 bits per heavy atom. The smallest absolute Gasteiger partial charge is 0.263 e. The van der Waals surface area contributed by atoms with Crippen LogP contribution in [0.4, 0.5) is 0 Å². The van der Waals surface area contributed by atoms with Crippen molar-refractivity contribution in [2.24, 2.45) is 0 Å². The average molecular weight is 275 g/mol. The molecule has 1 amide bonds. The summed E-state index contributed by atoms with van der Waals surface area (Å²) in [5.41, 5.74) is 0.580. The molecule has 1 unspecified atom stereocenters. The first-order valence-electron chi connectivity index (χ1n) is 6.90. The van der Waals surface area contributed by atoms with E-state index in [9.17, 15) is 9.59 Å². The number of hydrogen-bond acceptors (Lipinski definition) is 4. The van der Waals surface area contributed by atoms with Gasteiger partial charge in [0.1, 0.15) is 11.5 Å². The summed E-state index contributed by atoms with van der Waals surface area (Å²) < 4.78 is 10.9. The number of ketones is 1. The Bertz CT molecular complexity index is 549. The highest BCUT2D eigenvalue weighted by molar-refractivity contribution is 6.02. The predicted octanol–water partition coefficient (Wildman–Crippen LogP) is 1.65. The van der Waals surface area contributed by atoms with E-state index in [0.717, 1.165) is 25.9 Å². The van der Waals surface area contributed by atoms with Crippen molar-refractivity contribution in [1.82, 2.24) is 4.90 Å². The second-order valence-corrected chi connectivity index (χ2v) is 5.16. The highest BCUT2D eigenvalue weighted by atomic mass is 16.5. The molecule has 2 heterocycles. The summed E-state index contributed by atoms with van der Waals surface area (Å²) in [7, 11) is 0. The number of fused-ring (bicyclic) bond motifs is 1. The molecule has 0 bridgehead atoms. The zero-order valence-corrected chi connectivity index (χ0v) is 11.4. The molecule has 20 heavy (non-hydrogen) atoms. The van der Waals surface area contributed by atoms with E-state index in [1.807, 2.05) is 4.90 Å². The second kappa shape index (κ2) is 5.15. The van der Waals surface area contributed by atoms with Gasteiger partial charge in [-0.3, -0.25) is 9.59 Å². The Kier molecular flexibility index (Phi) is 3.34. The molecule has 3 rings (SSSR count). The molecule has 0 saturated carbocycles. The van der Waals surface area contributed by atoms with E-state index in [0.29, 0.717) is 17.1 Å². The summed E-state index contributed by atoms with van der Waals surface area (Å²) in [5, 5.41) is 0. The molecule has 0 spiro atoms. The Morgan fingerprint density at radius 3 is 2.85 bits per heavy atom.